The van der Waals surface area contributed by atoms with Crippen LogP contribution in [-0.4, -0.2) is 67.4 Å². The number of hydrogen-bond acceptors (Lipinski definition) is 9. The van der Waals surface area contributed by atoms with Gasteiger partial charge in [-0.1, -0.05) is 0 Å². The first-order valence-electron chi connectivity index (χ1n) is 10.7. The lowest BCUT2D eigenvalue weighted by Gasteiger charge is -2.33. The summed E-state index contributed by atoms with van der Waals surface area (Å²) in [6, 6.07) is 8.24. The van der Waals surface area contributed by atoms with Gasteiger partial charge < -0.3 is 19.7 Å². The van der Waals surface area contributed by atoms with Crippen molar-refractivity contribution in [2.45, 2.75) is 42.8 Å². The van der Waals surface area contributed by atoms with Crippen LogP contribution in [0.15, 0.2) is 35.5 Å². The molecule has 3 heterocycles. The highest BCUT2D eigenvalue weighted by atomic mass is 32.2. The van der Waals surface area contributed by atoms with Gasteiger partial charge in [0.15, 0.2) is 21.2 Å². The van der Waals surface area contributed by atoms with Crippen LogP contribution in [0.2, 0.25) is 0 Å². The minimum absolute atomic E-state index is 0.0408. The molecule has 2 aromatic rings. The lowest BCUT2D eigenvalue weighted by Crippen LogP contribution is -2.46. The van der Waals surface area contributed by atoms with E-state index in [0.717, 1.165) is 19.1 Å². The average molecular weight is 472 g/mol. The molecule has 1 amide bonds. The summed E-state index contributed by atoms with van der Waals surface area (Å²) in [5, 5.41) is 12.7. The molecule has 2 fully saturated rings. The van der Waals surface area contributed by atoms with Crippen LogP contribution in [0.3, 0.4) is 0 Å². The molecule has 1 N–H and O–H groups in total. The van der Waals surface area contributed by atoms with Crippen LogP contribution in [0, 0.1) is 11.3 Å². The Balaban J connectivity index is 1.40. The molecule has 4 rings (SSSR count). The van der Waals surface area contributed by atoms with E-state index in [2.05, 4.69) is 21.4 Å². The maximum atomic E-state index is 12.5. The number of hydrogen-bond donors (Lipinski definition) is 1. The molecule has 1 aromatic heterocycles. The fraction of sp³-hybridized carbons (Fsp3) is 0.455. The second kappa shape index (κ2) is 9.72. The standard InChI is InChI=1S/C22H25N5O5S/c1-33(29,30)17-6-4-15(5-7-17)26-20-18(13-23)21(25-14-24-20)32-16-8-10-27(11-9-16)22(28)19-3-2-12-31-19/h4-7,14,16,19H,2-3,8-12H2,1H3,(H,24,25,26). The van der Waals surface area contributed by atoms with Crippen LogP contribution < -0.4 is 10.1 Å². The number of carbonyl (C=O) groups excluding carboxylic acids is 1. The molecular formula is C22H25N5O5S. The van der Waals surface area contributed by atoms with Crippen molar-refractivity contribution in [1.29, 1.82) is 5.26 Å². The Morgan fingerprint density at radius 2 is 1.94 bits per heavy atom. The first-order chi connectivity index (χ1) is 15.8. The van der Waals surface area contributed by atoms with E-state index >= 15 is 0 Å². The third-order valence-corrected chi connectivity index (χ3v) is 6.84. The van der Waals surface area contributed by atoms with E-state index in [0.29, 0.717) is 38.2 Å². The van der Waals surface area contributed by atoms with Gasteiger partial charge in [-0.25, -0.2) is 18.4 Å². The van der Waals surface area contributed by atoms with Crippen molar-refractivity contribution >= 4 is 27.2 Å². The molecule has 0 saturated carbocycles. The zero-order chi connectivity index (χ0) is 23.4. The first kappa shape index (κ1) is 22.9. The summed E-state index contributed by atoms with van der Waals surface area (Å²) in [5.74, 6) is 0.478. The van der Waals surface area contributed by atoms with Crippen molar-refractivity contribution in [3.63, 3.8) is 0 Å². The highest BCUT2D eigenvalue weighted by molar-refractivity contribution is 7.90. The number of sulfone groups is 1. The highest BCUT2D eigenvalue weighted by Crippen LogP contribution is 2.27. The van der Waals surface area contributed by atoms with Crippen molar-refractivity contribution in [3.05, 3.63) is 36.2 Å². The number of aromatic nitrogens is 2. The smallest absolute Gasteiger partial charge is 0.251 e. The second-order valence-corrected chi connectivity index (χ2v) is 10.1. The second-order valence-electron chi connectivity index (χ2n) is 8.08. The summed E-state index contributed by atoms with van der Waals surface area (Å²) in [6.45, 7) is 1.76. The van der Waals surface area contributed by atoms with Gasteiger partial charge in [0.05, 0.1) is 4.90 Å². The molecule has 10 nitrogen and oxygen atoms in total. The van der Waals surface area contributed by atoms with Crippen molar-refractivity contribution in [1.82, 2.24) is 14.9 Å². The van der Waals surface area contributed by atoms with E-state index in [-0.39, 0.29) is 40.3 Å². The number of piperidine rings is 1. The van der Waals surface area contributed by atoms with Crippen LogP contribution in [0.5, 0.6) is 5.88 Å². The van der Waals surface area contributed by atoms with Crippen LogP contribution in [0.1, 0.15) is 31.2 Å². The summed E-state index contributed by atoms with van der Waals surface area (Å²) < 4.78 is 34.8. The molecule has 0 spiro atoms. The Morgan fingerprint density at radius 1 is 1.21 bits per heavy atom. The summed E-state index contributed by atoms with van der Waals surface area (Å²) in [4.78, 5) is 22.8. The maximum Gasteiger partial charge on any atom is 0.251 e. The van der Waals surface area contributed by atoms with Crippen LogP contribution in [0.25, 0.3) is 0 Å². The largest absolute Gasteiger partial charge is 0.473 e. The molecule has 2 aliphatic rings. The Labute approximate surface area is 192 Å². The Morgan fingerprint density at radius 3 is 2.55 bits per heavy atom. The monoisotopic (exact) mass is 471 g/mol. The van der Waals surface area contributed by atoms with Gasteiger partial charge in [-0.3, -0.25) is 4.79 Å². The van der Waals surface area contributed by atoms with E-state index in [1.165, 1.54) is 18.5 Å². The fourth-order valence-corrected chi connectivity index (χ4v) is 4.53. The minimum Gasteiger partial charge on any atom is -0.473 e. The van der Waals surface area contributed by atoms with E-state index in [9.17, 15) is 18.5 Å². The number of benzene rings is 1. The van der Waals surface area contributed by atoms with E-state index in [1.54, 1.807) is 12.1 Å². The lowest BCUT2D eigenvalue weighted by atomic mass is 10.1. The van der Waals surface area contributed by atoms with Crippen LogP contribution in [0.4, 0.5) is 11.5 Å². The molecule has 1 unspecified atom stereocenters. The number of rotatable bonds is 6. The van der Waals surface area contributed by atoms with Crippen molar-refractivity contribution in [2.75, 3.05) is 31.3 Å². The zero-order valence-electron chi connectivity index (χ0n) is 18.2. The summed E-state index contributed by atoms with van der Waals surface area (Å²) in [5.41, 5.74) is 0.729. The molecule has 0 bridgehead atoms. The van der Waals surface area contributed by atoms with Crippen LogP contribution >= 0.6 is 0 Å². The van der Waals surface area contributed by atoms with Gasteiger partial charge in [0.2, 0.25) is 5.88 Å². The summed E-state index contributed by atoms with van der Waals surface area (Å²) in [7, 11) is -3.30. The van der Waals surface area contributed by atoms with E-state index in [4.69, 9.17) is 9.47 Å². The van der Waals surface area contributed by atoms with Gasteiger partial charge in [-0.2, -0.15) is 5.26 Å². The third-order valence-electron chi connectivity index (χ3n) is 5.71. The van der Waals surface area contributed by atoms with Crippen molar-refractivity contribution in [2.24, 2.45) is 0 Å². The number of nitriles is 1. The number of nitrogens with one attached hydrogen (secondary N) is 1. The topological polar surface area (TPSA) is 135 Å². The summed E-state index contributed by atoms with van der Waals surface area (Å²) in [6.07, 6.45) is 4.89. The van der Waals surface area contributed by atoms with Gasteiger partial charge in [-0.15, -0.1) is 0 Å². The maximum absolute atomic E-state index is 12.5. The van der Waals surface area contributed by atoms with Gasteiger partial charge in [0, 0.05) is 44.5 Å². The molecule has 2 aliphatic heterocycles. The van der Waals surface area contributed by atoms with Gasteiger partial charge in [0.1, 0.15) is 24.6 Å². The summed E-state index contributed by atoms with van der Waals surface area (Å²) >= 11 is 0. The number of anilines is 2. The SMILES string of the molecule is CS(=O)(=O)c1ccc(Nc2ncnc(OC3CCN(C(=O)C4CCCO4)CC3)c2C#N)cc1. The van der Waals surface area contributed by atoms with Gasteiger partial charge in [-0.05, 0) is 37.1 Å². The molecule has 1 atom stereocenters. The number of carbonyl (C=O) groups is 1. The Hall–Kier alpha value is -3.23. The predicted molar refractivity (Wildman–Crippen MR) is 119 cm³/mol. The molecule has 174 valence electrons. The fourth-order valence-electron chi connectivity index (χ4n) is 3.90. The third kappa shape index (κ3) is 5.40. The molecule has 11 heteroatoms. The molecule has 0 aliphatic carbocycles. The van der Waals surface area contributed by atoms with Crippen molar-refractivity contribution < 1.29 is 22.7 Å². The Kier molecular flexibility index (Phi) is 6.76. The minimum atomic E-state index is -3.30. The van der Waals surface area contributed by atoms with Gasteiger partial charge >= 0.3 is 0 Å². The van der Waals surface area contributed by atoms with Gasteiger partial charge in [0.25, 0.3) is 5.91 Å². The quantitative estimate of drug-likeness (QED) is 0.671. The molecule has 0 radical (unpaired) electrons. The number of likely N-dealkylation sites (tertiary alicyclic amines) is 1. The first-order valence-corrected chi connectivity index (χ1v) is 12.6. The number of ether oxygens (including phenoxy) is 2. The molecular weight excluding hydrogens is 446 g/mol. The molecule has 2 saturated heterocycles. The van der Waals surface area contributed by atoms with Crippen molar-refractivity contribution in [3.8, 4) is 11.9 Å². The number of amides is 1. The average Bonchev–Trinajstić information content (AvgIpc) is 3.34. The number of nitrogens with zero attached hydrogens (tertiary/aromatic N) is 4. The van der Waals surface area contributed by atoms with E-state index in [1.807, 2.05) is 4.90 Å². The zero-order valence-corrected chi connectivity index (χ0v) is 19.0. The van der Waals surface area contributed by atoms with Crippen LogP contribution in [-0.2, 0) is 19.4 Å². The van der Waals surface area contributed by atoms with E-state index < -0.39 is 9.84 Å². The molecule has 1 aromatic carbocycles. The molecule has 33 heavy (non-hydrogen) atoms. The lowest BCUT2D eigenvalue weighted by molar-refractivity contribution is -0.142. The predicted octanol–water partition coefficient (Wildman–Crippen LogP) is 2.04. The normalized spacial score (nSPS) is 19.2. The highest BCUT2D eigenvalue weighted by Gasteiger charge is 2.31. The Bertz CT molecular complexity index is 1150.